The van der Waals surface area contributed by atoms with Crippen LogP contribution in [0.15, 0.2) is 12.2 Å². The fraction of sp³-hybridized carbons (Fsp3) is 0.600. The van der Waals surface area contributed by atoms with Crippen LogP contribution >= 0.6 is 0 Å². The largest absolute Gasteiger partial charge is 0.481 e. The molecule has 0 radical (unpaired) electrons. The molecule has 0 aliphatic carbocycles. The third kappa shape index (κ3) is 4.00. The van der Waals surface area contributed by atoms with E-state index in [9.17, 15) is 9.59 Å². The van der Waals surface area contributed by atoms with Gasteiger partial charge in [0.15, 0.2) is 0 Å². The first-order valence-corrected chi connectivity index (χ1v) is 4.96. The van der Waals surface area contributed by atoms with Gasteiger partial charge < -0.3 is 20.3 Å². The van der Waals surface area contributed by atoms with Gasteiger partial charge in [-0.05, 0) is 13.0 Å². The molecule has 0 amide bonds. The van der Waals surface area contributed by atoms with Crippen LogP contribution in [0.1, 0.15) is 12.8 Å². The van der Waals surface area contributed by atoms with Gasteiger partial charge in [0.25, 0.3) is 0 Å². The van der Waals surface area contributed by atoms with Crippen LogP contribution in [0.5, 0.6) is 0 Å². The van der Waals surface area contributed by atoms with Gasteiger partial charge in [-0.1, -0.05) is 6.58 Å². The fourth-order valence-electron chi connectivity index (χ4n) is 1.23. The molecule has 3 N–H and O–H groups in total. The van der Waals surface area contributed by atoms with Gasteiger partial charge in [-0.25, -0.2) is 4.79 Å². The van der Waals surface area contributed by atoms with E-state index in [4.69, 9.17) is 20.3 Å². The molecular formula is C10H15NO5. The number of carbonyl (C=O) groups excluding carboxylic acids is 1. The van der Waals surface area contributed by atoms with Gasteiger partial charge in [-0.15, -0.1) is 0 Å². The van der Waals surface area contributed by atoms with Gasteiger partial charge in [0.1, 0.15) is 12.2 Å². The summed E-state index contributed by atoms with van der Waals surface area (Å²) < 4.78 is 10.1. The average molecular weight is 229 g/mol. The van der Waals surface area contributed by atoms with Crippen LogP contribution in [-0.4, -0.2) is 42.4 Å². The summed E-state index contributed by atoms with van der Waals surface area (Å²) in [5.74, 6) is -1.81. The molecule has 6 heteroatoms. The summed E-state index contributed by atoms with van der Waals surface area (Å²) in [6, 6.07) is 0. The molecule has 0 bridgehead atoms. The molecule has 2 atom stereocenters. The van der Waals surface area contributed by atoms with Gasteiger partial charge in [-0.2, -0.15) is 0 Å². The van der Waals surface area contributed by atoms with E-state index in [0.717, 1.165) is 0 Å². The van der Waals surface area contributed by atoms with Crippen LogP contribution in [-0.2, 0) is 19.1 Å². The number of epoxide rings is 1. The minimum absolute atomic E-state index is 0.0739. The van der Waals surface area contributed by atoms with Crippen molar-refractivity contribution >= 4 is 11.9 Å². The predicted molar refractivity (Wildman–Crippen MR) is 54.7 cm³/mol. The number of hydrogen-bond donors (Lipinski definition) is 2. The lowest BCUT2D eigenvalue weighted by Crippen LogP contribution is -2.27. The number of nitrogens with two attached hydrogens (primary N) is 1. The summed E-state index contributed by atoms with van der Waals surface area (Å²) in [6.07, 6.45) is -0.426. The molecule has 1 rings (SSSR count). The molecule has 1 aliphatic heterocycles. The first-order valence-electron chi connectivity index (χ1n) is 4.96. The molecule has 1 heterocycles. The predicted octanol–water partition coefficient (Wildman–Crippen LogP) is -0.323. The van der Waals surface area contributed by atoms with E-state index >= 15 is 0 Å². The van der Waals surface area contributed by atoms with Crippen LogP contribution in [0.2, 0.25) is 0 Å². The molecule has 0 aromatic heterocycles. The standard InChI is InChI=1S/C10H15NO5/c1-6(4-9(12)13)10(14)16-7(2-3-11)8-5-15-8/h7-8H,1-5,11H2,(H,12,13). The van der Waals surface area contributed by atoms with E-state index in [1.165, 1.54) is 0 Å². The number of hydrogen-bond acceptors (Lipinski definition) is 5. The average Bonchev–Trinajstić information content (AvgIpc) is 2.99. The van der Waals surface area contributed by atoms with Crippen molar-refractivity contribution in [2.45, 2.75) is 25.0 Å². The molecule has 90 valence electrons. The fourth-order valence-corrected chi connectivity index (χ4v) is 1.23. The number of esters is 1. The minimum atomic E-state index is -1.11. The van der Waals surface area contributed by atoms with Gasteiger partial charge in [0, 0.05) is 5.57 Å². The monoisotopic (exact) mass is 229 g/mol. The van der Waals surface area contributed by atoms with Crippen molar-refractivity contribution in [3.63, 3.8) is 0 Å². The second kappa shape index (κ2) is 5.62. The highest BCUT2D eigenvalue weighted by Gasteiger charge is 2.35. The van der Waals surface area contributed by atoms with Crippen molar-refractivity contribution in [3.8, 4) is 0 Å². The number of rotatable bonds is 7. The summed E-state index contributed by atoms with van der Waals surface area (Å²) in [7, 11) is 0. The summed E-state index contributed by atoms with van der Waals surface area (Å²) in [4.78, 5) is 21.8. The number of ether oxygens (including phenoxy) is 2. The van der Waals surface area contributed by atoms with Gasteiger partial charge >= 0.3 is 11.9 Å². The van der Waals surface area contributed by atoms with Gasteiger partial charge in [0.05, 0.1) is 13.0 Å². The zero-order chi connectivity index (χ0) is 12.1. The van der Waals surface area contributed by atoms with E-state index in [2.05, 4.69) is 6.58 Å². The first kappa shape index (κ1) is 12.7. The van der Waals surface area contributed by atoms with Crippen molar-refractivity contribution < 1.29 is 24.2 Å². The van der Waals surface area contributed by atoms with Crippen LogP contribution in [0.25, 0.3) is 0 Å². The summed E-state index contributed by atoms with van der Waals surface area (Å²) in [5, 5.41) is 8.48. The SMILES string of the molecule is C=C(CC(=O)O)C(=O)OC(CCN)C1CO1. The molecule has 0 saturated carbocycles. The van der Waals surface area contributed by atoms with Crippen LogP contribution < -0.4 is 5.73 Å². The summed E-state index contributed by atoms with van der Waals surface area (Å²) in [6.45, 7) is 4.28. The third-order valence-electron chi connectivity index (χ3n) is 2.14. The summed E-state index contributed by atoms with van der Waals surface area (Å²) in [5.41, 5.74) is 5.29. The topological polar surface area (TPSA) is 102 Å². The number of aliphatic carboxylic acids is 1. The van der Waals surface area contributed by atoms with Gasteiger partial charge in [0.2, 0.25) is 0 Å². The van der Waals surface area contributed by atoms with Crippen molar-refractivity contribution in [3.05, 3.63) is 12.2 Å². The lowest BCUT2D eigenvalue weighted by Gasteiger charge is -2.15. The van der Waals surface area contributed by atoms with E-state index < -0.39 is 24.5 Å². The van der Waals surface area contributed by atoms with Crippen molar-refractivity contribution in [1.82, 2.24) is 0 Å². The highest BCUT2D eigenvalue weighted by Crippen LogP contribution is 2.20. The van der Waals surface area contributed by atoms with Crippen molar-refractivity contribution in [1.29, 1.82) is 0 Å². The summed E-state index contributed by atoms with van der Waals surface area (Å²) >= 11 is 0. The maximum absolute atomic E-state index is 11.4. The maximum atomic E-state index is 11.4. The zero-order valence-electron chi connectivity index (χ0n) is 8.85. The second-order valence-corrected chi connectivity index (χ2v) is 3.57. The Labute approximate surface area is 93.0 Å². The molecule has 6 nitrogen and oxygen atoms in total. The maximum Gasteiger partial charge on any atom is 0.334 e. The molecule has 1 aliphatic rings. The van der Waals surface area contributed by atoms with E-state index in [0.29, 0.717) is 19.6 Å². The zero-order valence-corrected chi connectivity index (χ0v) is 8.85. The lowest BCUT2D eigenvalue weighted by atomic mass is 10.2. The second-order valence-electron chi connectivity index (χ2n) is 3.57. The Balaban J connectivity index is 2.41. The number of carboxylic acids is 1. The van der Waals surface area contributed by atoms with Crippen molar-refractivity contribution in [2.24, 2.45) is 5.73 Å². The minimum Gasteiger partial charge on any atom is -0.481 e. The molecule has 1 fully saturated rings. The quantitative estimate of drug-likeness (QED) is 0.352. The molecule has 1 saturated heterocycles. The van der Waals surface area contributed by atoms with E-state index in [1.807, 2.05) is 0 Å². The molecular weight excluding hydrogens is 214 g/mol. The molecule has 0 aromatic rings. The normalized spacial score (nSPS) is 19.9. The molecule has 16 heavy (non-hydrogen) atoms. The molecule has 0 aromatic carbocycles. The van der Waals surface area contributed by atoms with E-state index in [1.54, 1.807) is 0 Å². The molecule has 2 unspecified atom stereocenters. The smallest absolute Gasteiger partial charge is 0.334 e. The van der Waals surface area contributed by atoms with Crippen LogP contribution in [0.4, 0.5) is 0 Å². The number of carbonyl (C=O) groups is 2. The first-order chi connectivity index (χ1) is 7.54. The van der Waals surface area contributed by atoms with Crippen LogP contribution in [0.3, 0.4) is 0 Å². The highest BCUT2D eigenvalue weighted by atomic mass is 16.6. The molecule has 0 spiro atoms. The Morgan fingerprint density at radius 1 is 1.62 bits per heavy atom. The van der Waals surface area contributed by atoms with Crippen molar-refractivity contribution in [2.75, 3.05) is 13.2 Å². The third-order valence-corrected chi connectivity index (χ3v) is 2.14. The Hall–Kier alpha value is -1.40. The number of carboxylic acid groups (broad SMARTS) is 1. The van der Waals surface area contributed by atoms with E-state index in [-0.39, 0.29) is 11.7 Å². The Morgan fingerprint density at radius 3 is 2.69 bits per heavy atom. The van der Waals surface area contributed by atoms with Gasteiger partial charge in [-0.3, -0.25) is 4.79 Å². The Morgan fingerprint density at radius 2 is 2.25 bits per heavy atom. The van der Waals surface area contributed by atoms with Crippen LogP contribution in [0, 0.1) is 0 Å². The Bertz CT molecular complexity index is 298. The Kier molecular flexibility index (Phi) is 4.45. The highest BCUT2D eigenvalue weighted by molar-refractivity contribution is 5.92. The lowest BCUT2D eigenvalue weighted by molar-refractivity contribution is -0.147.